The summed E-state index contributed by atoms with van der Waals surface area (Å²) in [4.78, 5) is 2.08. The van der Waals surface area contributed by atoms with Crippen LogP contribution in [0, 0.1) is 11.7 Å². The van der Waals surface area contributed by atoms with Gasteiger partial charge in [-0.25, -0.2) is 4.39 Å². The Kier molecular flexibility index (Phi) is 6.29. The normalized spacial score (nSPS) is 21.7. The average molecular weight is 447 g/mol. The molecule has 1 aliphatic carbocycles. The third kappa shape index (κ3) is 4.99. The van der Waals surface area contributed by atoms with Crippen molar-refractivity contribution in [2.45, 2.75) is 44.7 Å². The van der Waals surface area contributed by atoms with E-state index in [1.165, 1.54) is 24.3 Å². The molecular formula is C25H25F4NO2. The smallest absolute Gasteiger partial charge is 0.406 e. The Bertz CT molecular complexity index is 1030. The lowest BCUT2D eigenvalue weighted by molar-refractivity contribution is -0.303. The van der Waals surface area contributed by atoms with Crippen molar-refractivity contribution in [1.29, 1.82) is 0 Å². The Morgan fingerprint density at radius 1 is 1.19 bits per heavy atom. The molecule has 3 atom stereocenters. The van der Waals surface area contributed by atoms with E-state index in [4.69, 9.17) is 0 Å². The van der Waals surface area contributed by atoms with Gasteiger partial charge in [-0.3, -0.25) is 0 Å². The number of rotatable bonds is 5. The molecule has 2 aromatic carbocycles. The van der Waals surface area contributed by atoms with Gasteiger partial charge in [-0.2, -0.15) is 0 Å². The second-order valence-corrected chi connectivity index (χ2v) is 8.34. The number of aliphatic hydroxyl groups is 1. The van der Waals surface area contributed by atoms with Crippen LogP contribution in [0.25, 0.3) is 11.1 Å². The molecule has 7 heteroatoms. The number of aliphatic hydroxyl groups excluding tert-OH is 1. The number of hydrogen-bond acceptors (Lipinski definition) is 3. The van der Waals surface area contributed by atoms with E-state index >= 15 is 0 Å². The molecule has 0 fully saturated rings. The molecule has 4 rings (SSSR count). The minimum absolute atomic E-state index is 0.100. The predicted molar refractivity (Wildman–Crippen MR) is 115 cm³/mol. The summed E-state index contributed by atoms with van der Waals surface area (Å²) in [6, 6.07) is 12.1. The molecule has 0 saturated carbocycles. The van der Waals surface area contributed by atoms with Crippen LogP contribution >= 0.6 is 0 Å². The Labute approximate surface area is 184 Å². The van der Waals surface area contributed by atoms with E-state index in [-0.39, 0.29) is 23.5 Å². The van der Waals surface area contributed by atoms with Gasteiger partial charge in [-0.15, -0.1) is 13.2 Å². The van der Waals surface area contributed by atoms with Gasteiger partial charge in [-0.1, -0.05) is 30.3 Å². The van der Waals surface area contributed by atoms with Gasteiger partial charge in [0.05, 0.1) is 6.10 Å². The van der Waals surface area contributed by atoms with Crippen LogP contribution in [0.2, 0.25) is 0 Å². The summed E-state index contributed by atoms with van der Waals surface area (Å²) in [5.74, 6) is -0.710. The van der Waals surface area contributed by atoms with E-state index < -0.39 is 12.5 Å². The molecule has 32 heavy (non-hydrogen) atoms. The van der Waals surface area contributed by atoms with Gasteiger partial charge in [0, 0.05) is 24.2 Å². The van der Waals surface area contributed by atoms with Gasteiger partial charge in [-0.05, 0) is 73.2 Å². The highest BCUT2D eigenvalue weighted by Gasteiger charge is 2.36. The number of ether oxygens (including phenoxy) is 1. The van der Waals surface area contributed by atoms with Crippen LogP contribution < -0.4 is 4.90 Å². The van der Waals surface area contributed by atoms with E-state index in [0.29, 0.717) is 25.8 Å². The minimum Gasteiger partial charge on any atom is -0.406 e. The summed E-state index contributed by atoms with van der Waals surface area (Å²) >= 11 is 0. The van der Waals surface area contributed by atoms with E-state index in [1.54, 1.807) is 19.1 Å². The highest BCUT2D eigenvalue weighted by molar-refractivity contribution is 5.75. The molecule has 3 nitrogen and oxygen atoms in total. The largest absolute Gasteiger partial charge is 0.573 e. The number of anilines is 1. The van der Waals surface area contributed by atoms with E-state index in [1.807, 2.05) is 24.3 Å². The molecule has 0 spiro atoms. The highest BCUT2D eigenvalue weighted by atomic mass is 19.4. The maximum absolute atomic E-state index is 13.8. The fraction of sp³-hybridized carbons (Fsp3) is 0.360. The monoisotopic (exact) mass is 447 g/mol. The lowest BCUT2D eigenvalue weighted by Crippen LogP contribution is -2.47. The van der Waals surface area contributed by atoms with E-state index in [2.05, 4.69) is 9.64 Å². The van der Waals surface area contributed by atoms with Gasteiger partial charge >= 0.3 is 6.36 Å². The number of hydrogen-bond donors (Lipinski definition) is 1. The number of β-amino-alcohol motifs (C(OH)–C–C–N with tert-alkyl or cyclic N) is 1. The Morgan fingerprint density at radius 3 is 2.69 bits per heavy atom. The number of alkyl halides is 3. The molecule has 0 saturated heterocycles. The molecule has 1 unspecified atom stereocenters. The fourth-order valence-electron chi connectivity index (χ4n) is 4.77. The van der Waals surface area contributed by atoms with Crippen molar-refractivity contribution >= 4 is 5.69 Å². The predicted octanol–water partition coefficient (Wildman–Crippen LogP) is 5.99. The van der Waals surface area contributed by atoms with Crippen molar-refractivity contribution in [3.63, 3.8) is 0 Å². The van der Waals surface area contributed by atoms with Crippen molar-refractivity contribution in [1.82, 2.24) is 0 Å². The zero-order chi connectivity index (χ0) is 22.9. The first kappa shape index (κ1) is 22.4. The highest BCUT2D eigenvalue weighted by Crippen LogP contribution is 2.41. The molecule has 2 aliphatic rings. The molecule has 1 N–H and O–H groups in total. The van der Waals surface area contributed by atoms with Crippen LogP contribution in [0.15, 0.2) is 66.5 Å². The Morgan fingerprint density at radius 2 is 1.97 bits per heavy atom. The summed E-state index contributed by atoms with van der Waals surface area (Å²) in [6.07, 6.45) is 1.20. The number of fused-ring (bicyclic) bond motifs is 1. The van der Waals surface area contributed by atoms with Crippen LogP contribution in [0.4, 0.5) is 23.2 Å². The second kappa shape index (κ2) is 8.98. The molecule has 1 aliphatic heterocycles. The summed E-state index contributed by atoms with van der Waals surface area (Å²) in [6.45, 7) is 2.03. The van der Waals surface area contributed by atoms with Crippen LogP contribution in [0.1, 0.15) is 25.3 Å². The zero-order valence-corrected chi connectivity index (χ0v) is 17.6. The number of allylic oxidation sites excluding steroid dienone is 2. The number of benzene rings is 2. The maximum Gasteiger partial charge on any atom is 0.573 e. The first-order valence-corrected chi connectivity index (χ1v) is 10.7. The molecule has 0 aromatic heterocycles. The quantitative estimate of drug-likeness (QED) is 0.572. The Hall–Kier alpha value is -2.80. The first-order chi connectivity index (χ1) is 15.2. The third-order valence-electron chi connectivity index (χ3n) is 5.94. The molecule has 2 aromatic rings. The van der Waals surface area contributed by atoms with Crippen LogP contribution in [0.3, 0.4) is 0 Å². The molecular weight excluding hydrogens is 422 g/mol. The number of nitrogens with zero attached hydrogens (tertiary/aromatic N) is 1. The van der Waals surface area contributed by atoms with Gasteiger partial charge < -0.3 is 14.7 Å². The van der Waals surface area contributed by atoms with Crippen molar-refractivity contribution in [2.75, 3.05) is 11.4 Å². The second-order valence-electron chi connectivity index (χ2n) is 8.34. The van der Waals surface area contributed by atoms with Gasteiger partial charge in [0.25, 0.3) is 0 Å². The van der Waals surface area contributed by atoms with Crippen molar-refractivity contribution < 1.29 is 27.4 Å². The van der Waals surface area contributed by atoms with Crippen LogP contribution in [-0.2, 0) is 11.2 Å². The average Bonchev–Trinajstić information content (AvgIpc) is 2.72. The van der Waals surface area contributed by atoms with Crippen molar-refractivity contribution in [3.05, 3.63) is 77.8 Å². The Balaban J connectivity index is 1.70. The van der Waals surface area contributed by atoms with Crippen LogP contribution in [-0.4, -0.2) is 30.2 Å². The van der Waals surface area contributed by atoms with Gasteiger partial charge in [0.15, 0.2) is 0 Å². The first-order valence-electron chi connectivity index (χ1n) is 10.7. The van der Waals surface area contributed by atoms with Crippen molar-refractivity contribution in [2.24, 2.45) is 5.92 Å². The lowest BCUT2D eigenvalue weighted by Gasteiger charge is -2.44. The summed E-state index contributed by atoms with van der Waals surface area (Å²) < 4.78 is 56.2. The van der Waals surface area contributed by atoms with Gasteiger partial charge in [0.2, 0.25) is 0 Å². The summed E-state index contributed by atoms with van der Waals surface area (Å²) in [7, 11) is 0. The summed E-state index contributed by atoms with van der Waals surface area (Å²) in [5, 5.41) is 10.2. The van der Waals surface area contributed by atoms with Crippen LogP contribution in [0.5, 0.6) is 0 Å². The lowest BCUT2D eigenvalue weighted by atomic mass is 9.81. The zero-order valence-electron chi connectivity index (χ0n) is 17.6. The van der Waals surface area contributed by atoms with Gasteiger partial charge in [0.1, 0.15) is 11.6 Å². The molecule has 1 heterocycles. The summed E-state index contributed by atoms with van der Waals surface area (Å²) in [5.41, 5.74) is 3.68. The van der Waals surface area contributed by atoms with Crippen molar-refractivity contribution in [3.8, 4) is 11.1 Å². The molecule has 0 bridgehead atoms. The fourth-order valence-corrected chi connectivity index (χ4v) is 4.77. The van der Waals surface area contributed by atoms with E-state index in [0.717, 1.165) is 22.4 Å². The third-order valence-corrected chi connectivity index (χ3v) is 5.94. The SMILES string of the molecule is C[C@@H](O)CN1c2cccc(-c3cccc(F)c3)c2CC[C@@H]1C1C=C(OC(F)(F)F)C=CC1. The molecule has 0 radical (unpaired) electrons. The topological polar surface area (TPSA) is 32.7 Å². The molecule has 0 amide bonds. The maximum atomic E-state index is 13.8. The molecule has 170 valence electrons. The van der Waals surface area contributed by atoms with E-state index in [9.17, 15) is 22.7 Å². The number of halogens is 4. The minimum atomic E-state index is -4.74. The standard InChI is InChI=1S/C25H25F4NO2/c1-16(31)15-30-23(18-6-3-8-20(14-18)32-25(27,28)29)12-11-22-21(9-4-10-24(22)30)17-5-2-7-19(26)13-17/h2-5,7-10,13-14,16,18,23,31H,6,11-12,15H2,1H3/t16-,18?,23-/m1/s1.